The van der Waals surface area contributed by atoms with Gasteiger partial charge in [-0.25, -0.2) is 4.98 Å². The van der Waals surface area contributed by atoms with Crippen LogP contribution < -0.4 is 10.6 Å². The minimum atomic E-state index is 0.611. The minimum Gasteiger partial charge on any atom is -0.382 e. The lowest BCUT2D eigenvalue weighted by atomic mass is 10.2. The van der Waals surface area contributed by atoms with E-state index in [1.165, 1.54) is 29.5 Å². The number of rotatable bonds is 4. The van der Waals surface area contributed by atoms with Crippen LogP contribution in [-0.2, 0) is 0 Å². The predicted molar refractivity (Wildman–Crippen MR) is 91.3 cm³/mol. The third-order valence-electron chi connectivity index (χ3n) is 3.73. The molecular formula is C14H21N5S2. The molecule has 1 saturated heterocycles. The molecule has 2 aromatic heterocycles. The van der Waals surface area contributed by atoms with Crippen LogP contribution in [0.25, 0.3) is 10.6 Å². The topological polar surface area (TPSA) is 58.3 Å². The zero-order chi connectivity index (χ0) is 14.8. The Labute approximate surface area is 133 Å². The van der Waals surface area contributed by atoms with E-state index in [9.17, 15) is 0 Å². The molecule has 1 aliphatic heterocycles. The van der Waals surface area contributed by atoms with Crippen molar-refractivity contribution < 1.29 is 0 Å². The van der Waals surface area contributed by atoms with Crippen LogP contribution >= 0.6 is 22.9 Å². The molecular weight excluding hydrogens is 302 g/mol. The molecule has 0 bridgehead atoms. The van der Waals surface area contributed by atoms with E-state index in [0.717, 1.165) is 42.4 Å². The quantitative estimate of drug-likeness (QED) is 0.937. The number of thiazole rings is 1. The van der Waals surface area contributed by atoms with Crippen molar-refractivity contribution in [3.05, 3.63) is 11.1 Å². The summed E-state index contributed by atoms with van der Waals surface area (Å²) >= 11 is 3.15. The molecule has 0 unspecified atom stereocenters. The Bertz CT molecular complexity index is 598. The van der Waals surface area contributed by atoms with E-state index < -0.39 is 0 Å². The summed E-state index contributed by atoms with van der Waals surface area (Å²) in [7, 11) is 0. The number of nitrogens with two attached hydrogens (primary N) is 1. The monoisotopic (exact) mass is 323 g/mol. The first-order valence-corrected chi connectivity index (χ1v) is 8.99. The van der Waals surface area contributed by atoms with Gasteiger partial charge >= 0.3 is 0 Å². The van der Waals surface area contributed by atoms with E-state index in [1.807, 2.05) is 6.92 Å². The molecule has 21 heavy (non-hydrogen) atoms. The van der Waals surface area contributed by atoms with Gasteiger partial charge in [0.25, 0.3) is 0 Å². The number of hydrogen-bond acceptors (Lipinski definition) is 7. The van der Waals surface area contributed by atoms with Gasteiger partial charge < -0.3 is 10.6 Å². The number of piperazine rings is 1. The molecule has 5 nitrogen and oxygen atoms in total. The van der Waals surface area contributed by atoms with E-state index in [-0.39, 0.29) is 0 Å². The normalized spacial score (nSPS) is 16.6. The van der Waals surface area contributed by atoms with Gasteiger partial charge in [0.2, 0.25) is 0 Å². The number of anilines is 2. The highest BCUT2D eigenvalue weighted by molar-refractivity contribution is 7.15. The zero-order valence-corrected chi connectivity index (χ0v) is 14.1. The molecule has 0 atom stereocenters. The maximum atomic E-state index is 6.09. The van der Waals surface area contributed by atoms with Crippen molar-refractivity contribution in [2.24, 2.45) is 0 Å². The van der Waals surface area contributed by atoms with Crippen LogP contribution in [0.3, 0.4) is 0 Å². The Morgan fingerprint density at radius 2 is 2.05 bits per heavy atom. The van der Waals surface area contributed by atoms with Gasteiger partial charge in [-0.3, -0.25) is 4.90 Å². The summed E-state index contributed by atoms with van der Waals surface area (Å²) in [5.74, 6) is 0.611. The van der Waals surface area contributed by atoms with Crippen molar-refractivity contribution in [2.75, 3.05) is 43.4 Å². The molecule has 0 radical (unpaired) electrons. The highest BCUT2D eigenvalue weighted by Gasteiger charge is 2.24. The third-order valence-corrected chi connectivity index (χ3v) is 5.63. The Hall–Kier alpha value is -1.18. The summed E-state index contributed by atoms with van der Waals surface area (Å²) in [6.45, 7) is 9.75. The molecule has 114 valence electrons. The molecule has 2 aromatic rings. The summed E-state index contributed by atoms with van der Waals surface area (Å²) in [6.07, 6.45) is 1.22. The Morgan fingerprint density at radius 3 is 2.67 bits per heavy atom. The summed E-state index contributed by atoms with van der Waals surface area (Å²) in [4.78, 5) is 9.51. The first kappa shape index (κ1) is 14.7. The number of nitrogen functional groups attached to an aromatic ring is 1. The molecule has 2 N–H and O–H groups in total. The summed E-state index contributed by atoms with van der Waals surface area (Å²) in [5, 5.41) is 4.23. The van der Waals surface area contributed by atoms with Gasteiger partial charge in [0.05, 0.1) is 5.56 Å². The van der Waals surface area contributed by atoms with Crippen LogP contribution in [-0.4, -0.2) is 47.0 Å². The molecule has 0 amide bonds. The van der Waals surface area contributed by atoms with Gasteiger partial charge in [-0.15, -0.1) is 11.3 Å². The number of nitrogens with zero attached hydrogens (tertiary/aromatic N) is 4. The minimum absolute atomic E-state index is 0.611. The number of hydrogen-bond donors (Lipinski definition) is 1. The van der Waals surface area contributed by atoms with Crippen LogP contribution in [0.4, 0.5) is 10.8 Å². The summed E-state index contributed by atoms with van der Waals surface area (Å²) < 4.78 is 4.36. The van der Waals surface area contributed by atoms with E-state index in [2.05, 4.69) is 31.5 Å². The molecule has 3 rings (SSSR count). The van der Waals surface area contributed by atoms with Crippen molar-refractivity contribution in [3.63, 3.8) is 0 Å². The number of aromatic nitrogens is 2. The average molecular weight is 323 g/mol. The summed E-state index contributed by atoms with van der Waals surface area (Å²) in [5.41, 5.74) is 8.16. The second-order valence-corrected chi connectivity index (χ2v) is 6.98. The highest BCUT2D eigenvalue weighted by Crippen LogP contribution is 2.40. The highest BCUT2D eigenvalue weighted by atomic mass is 32.1. The maximum absolute atomic E-state index is 6.09. The van der Waals surface area contributed by atoms with Crippen LogP contribution in [0, 0.1) is 6.92 Å². The standard InChI is InChI=1S/C14H21N5S2/c1-3-4-18-5-7-19(8-6-18)14-11(12(15)17-21-14)13-16-10(2)9-20-13/h9H,3-8H2,1-2H3,(H2,15,17). The second-order valence-electron chi connectivity index (χ2n) is 5.37. The van der Waals surface area contributed by atoms with Crippen molar-refractivity contribution in [3.8, 4) is 10.6 Å². The molecule has 0 saturated carbocycles. The van der Waals surface area contributed by atoms with Crippen LogP contribution in [0.15, 0.2) is 5.38 Å². The molecule has 7 heteroatoms. The van der Waals surface area contributed by atoms with E-state index in [1.54, 1.807) is 11.3 Å². The lowest BCUT2D eigenvalue weighted by molar-refractivity contribution is 0.259. The first-order chi connectivity index (χ1) is 10.2. The van der Waals surface area contributed by atoms with Gasteiger partial charge in [-0.1, -0.05) is 6.92 Å². The fourth-order valence-electron chi connectivity index (χ4n) is 2.67. The molecule has 0 aliphatic carbocycles. The zero-order valence-electron chi connectivity index (χ0n) is 12.5. The van der Waals surface area contributed by atoms with Crippen molar-refractivity contribution in [1.82, 2.24) is 14.3 Å². The fraction of sp³-hybridized carbons (Fsp3) is 0.571. The first-order valence-electron chi connectivity index (χ1n) is 7.34. The van der Waals surface area contributed by atoms with E-state index in [0.29, 0.717) is 5.82 Å². The Balaban J connectivity index is 1.81. The van der Waals surface area contributed by atoms with Crippen LogP contribution in [0.5, 0.6) is 0 Å². The number of aryl methyl sites for hydroxylation is 1. The van der Waals surface area contributed by atoms with Crippen LogP contribution in [0.1, 0.15) is 19.0 Å². The largest absolute Gasteiger partial charge is 0.382 e. The van der Waals surface area contributed by atoms with E-state index >= 15 is 0 Å². The molecule has 0 aromatic carbocycles. The second kappa shape index (κ2) is 6.29. The fourth-order valence-corrected chi connectivity index (χ4v) is 4.45. The smallest absolute Gasteiger partial charge is 0.149 e. The third kappa shape index (κ3) is 3.04. The van der Waals surface area contributed by atoms with Gasteiger partial charge in [0.1, 0.15) is 15.8 Å². The predicted octanol–water partition coefficient (Wildman–Crippen LogP) is 2.69. The van der Waals surface area contributed by atoms with Crippen molar-refractivity contribution in [2.45, 2.75) is 20.3 Å². The Morgan fingerprint density at radius 1 is 1.29 bits per heavy atom. The van der Waals surface area contributed by atoms with Gasteiger partial charge in [-0.2, -0.15) is 4.37 Å². The van der Waals surface area contributed by atoms with Crippen molar-refractivity contribution >= 4 is 33.7 Å². The summed E-state index contributed by atoms with van der Waals surface area (Å²) in [6, 6.07) is 0. The van der Waals surface area contributed by atoms with Gasteiger partial charge in [0.15, 0.2) is 0 Å². The lowest BCUT2D eigenvalue weighted by Gasteiger charge is -2.35. The Kier molecular flexibility index (Phi) is 4.42. The van der Waals surface area contributed by atoms with Gasteiger partial charge in [0, 0.05) is 37.3 Å². The van der Waals surface area contributed by atoms with Crippen LogP contribution in [0.2, 0.25) is 0 Å². The SMILES string of the molecule is CCCN1CCN(c2snc(N)c2-c2nc(C)cs2)CC1. The molecule has 1 fully saturated rings. The molecule has 0 spiro atoms. The van der Waals surface area contributed by atoms with E-state index in [4.69, 9.17) is 5.73 Å². The lowest BCUT2D eigenvalue weighted by Crippen LogP contribution is -2.46. The average Bonchev–Trinajstić information content (AvgIpc) is 3.06. The van der Waals surface area contributed by atoms with Gasteiger partial charge in [-0.05, 0) is 31.4 Å². The molecule has 3 heterocycles. The molecule has 1 aliphatic rings. The van der Waals surface area contributed by atoms with Crippen molar-refractivity contribution in [1.29, 1.82) is 0 Å². The maximum Gasteiger partial charge on any atom is 0.149 e.